The number of hydrogen-bond donors (Lipinski definition) is 3. The van der Waals surface area contributed by atoms with Crippen molar-refractivity contribution in [1.82, 2.24) is 15.4 Å². The number of benzene rings is 1. The molecule has 1 aromatic rings. The van der Waals surface area contributed by atoms with E-state index in [1.807, 2.05) is 5.32 Å². The van der Waals surface area contributed by atoms with Gasteiger partial charge in [0, 0.05) is 17.6 Å². The van der Waals surface area contributed by atoms with Crippen LogP contribution in [0.2, 0.25) is 5.02 Å². The Hall–Kier alpha value is -2.17. The maximum absolute atomic E-state index is 12.0. The Bertz CT molecular complexity index is 780. The molecule has 1 rings (SSSR count). The van der Waals surface area contributed by atoms with Crippen LogP contribution >= 0.6 is 11.6 Å². The number of urea groups is 1. The highest BCUT2D eigenvalue weighted by molar-refractivity contribution is 7.89. The lowest BCUT2D eigenvalue weighted by Gasteiger charge is -2.14. The van der Waals surface area contributed by atoms with E-state index in [0.717, 1.165) is 0 Å². The molecule has 0 heterocycles. The Kier molecular flexibility index (Phi) is 8.67. The molecule has 150 valence electrons. The van der Waals surface area contributed by atoms with E-state index in [1.54, 1.807) is 13.8 Å². The van der Waals surface area contributed by atoms with Crippen molar-refractivity contribution in [3.63, 3.8) is 0 Å². The van der Waals surface area contributed by atoms with Crippen LogP contribution in [0.4, 0.5) is 4.79 Å². The van der Waals surface area contributed by atoms with E-state index < -0.39 is 34.0 Å². The average Bonchev–Trinajstić information content (AvgIpc) is 2.54. The Balaban J connectivity index is 2.42. The number of hydrogen-bond acceptors (Lipinski definition) is 6. The summed E-state index contributed by atoms with van der Waals surface area (Å²) in [6, 6.07) is 4.66. The lowest BCUT2D eigenvalue weighted by molar-refractivity contribution is -0.154. The second-order valence-corrected chi connectivity index (χ2v) is 8.05. The predicted molar refractivity (Wildman–Crippen MR) is 98.6 cm³/mol. The van der Waals surface area contributed by atoms with Crippen LogP contribution in [-0.2, 0) is 24.3 Å². The van der Waals surface area contributed by atoms with Crippen molar-refractivity contribution in [3.8, 4) is 0 Å². The molecular weight excluding hydrogens is 398 g/mol. The average molecular weight is 420 g/mol. The molecule has 0 radical (unpaired) electrons. The summed E-state index contributed by atoms with van der Waals surface area (Å²) in [5, 5.41) is 4.88. The molecule has 11 heteroatoms. The van der Waals surface area contributed by atoms with Crippen molar-refractivity contribution in [1.29, 1.82) is 0 Å². The SMILES string of the molecule is CC(C)NC(=O)NC(=O)[C@@H](C)OC(=O)CCNS(=O)(=O)c1ccc(Cl)cc1. The zero-order valence-corrected chi connectivity index (χ0v) is 16.7. The van der Waals surface area contributed by atoms with Gasteiger partial charge in [-0.15, -0.1) is 0 Å². The molecule has 0 aliphatic heterocycles. The van der Waals surface area contributed by atoms with E-state index in [0.29, 0.717) is 5.02 Å². The normalized spacial score (nSPS) is 12.3. The molecule has 0 aromatic heterocycles. The predicted octanol–water partition coefficient (Wildman–Crippen LogP) is 1.17. The van der Waals surface area contributed by atoms with E-state index in [9.17, 15) is 22.8 Å². The number of rotatable bonds is 8. The molecule has 0 bridgehead atoms. The quantitative estimate of drug-likeness (QED) is 0.542. The van der Waals surface area contributed by atoms with Gasteiger partial charge in [0.05, 0.1) is 11.3 Å². The minimum Gasteiger partial charge on any atom is -0.452 e. The molecule has 0 saturated carbocycles. The summed E-state index contributed by atoms with van der Waals surface area (Å²) in [4.78, 5) is 34.9. The van der Waals surface area contributed by atoms with Crippen LogP contribution in [0.15, 0.2) is 29.2 Å². The summed E-state index contributed by atoms with van der Waals surface area (Å²) in [6.45, 7) is 4.52. The first-order chi connectivity index (χ1) is 12.5. The van der Waals surface area contributed by atoms with Crippen LogP contribution in [0.1, 0.15) is 27.2 Å². The highest BCUT2D eigenvalue weighted by Gasteiger charge is 2.21. The van der Waals surface area contributed by atoms with Gasteiger partial charge in [-0.25, -0.2) is 17.9 Å². The number of sulfonamides is 1. The first-order valence-corrected chi connectivity index (χ1v) is 9.93. The zero-order valence-electron chi connectivity index (χ0n) is 15.1. The molecule has 3 amide bonds. The lowest BCUT2D eigenvalue weighted by atomic mass is 10.3. The van der Waals surface area contributed by atoms with Gasteiger partial charge in [-0.2, -0.15) is 0 Å². The van der Waals surface area contributed by atoms with Crippen molar-refractivity contribution < 1.29 is 27.5 Å². The maximum Gasteiger partial charge on any atom is 0.321 e. The monoisotopic (exact) mass is 419 g/mol. The van der Waals surface area contributed by atoms with E-state index in [2.05, 4.69) is 10.0 Å². The second-order valence-electron chi connectivity index (χ2n) is 5.85. The number of carbonyl (C=O) groups excluding carboxylic acids is 3. The minimum absolute atomic E-state index is 0.00387. The van der Waals surface area contributed by atoms with Gasteiger partial charge in [0.25, 0.3) is 5.91 Å². The third kappa shape index (κ3) is 8.37. The third-order valence-corrected chi connectivity index (χ3v) is 4.81. The fraction of sp³-hybridized carbons (Fsp3) is 0.438. The molecule has 1 aromatic carbocycles. The first-order valence-electron chi connectivity index (χ1n) is 8.07. The summed E-state index contributed by atoms with van der Waals surface area (Å²) < 4.78 is 31.2. The summed E-state index contributed by atoms with van der Waals surface area (Å²) >= 11 is 5.70. The van der Waals surface area contributed by atoms with Crippen molar-refractivity contribution in [2.24, 2.45) is 0 Å². The smallest absolute Gasteiger partial charge is 0.321 e. The second kappa shape index (κ2) is 10.2. The maximum atomic E-state index is 12.0. The fourth-order valence-electron chi connectivity index (χ4n) is 1.81. The van der Waals surface area contributed by atoms with Crippen LogP contribution in [0.5, 0.6) is 0 Å². The van der Waals surface area contributed by atoms with E-state index in [4.69, 9.17) is 16.3 Å². The molecule has 27 heavy (non-hydrogen) atoms. The van der Waals surface area contributed by atoms with Gasteiger partial charge in [0.1, 0.15) is 0 Å². The van der Waals surface area contributed by atoms with Crippen LogP contribution in [-0.4, -0.2) is 45.0 Å². The van der Waals surface area contributed by atoms with Crippen LogP contribution in [0.3, 0.4) is 0 Å². The molecule has 3 N–H and O–H groups in total. The number of halogens is 1. The summed E-state index contributed by atoms with van der Waals surface area (Å²) in [7, 11) is -3.79. The molecular formula is C16H22ClN3O6S. The van der Waals surface area contributed by atoms with E-state index in [-0.39, 0.29) is 23.9 Å². The standard InChI is InChI=1S/C16H22ClN3O6S/c1-10(2)19-16(23)20-15(22)11(3)26-14(21)8-9-18-27(24,25)13-6-4-12(17)5-7-13/h4-7,10-11,18H,8-9H2,1-3H3,(H2,19,20,22,23)/t11-/m1/s1. The van der Waals surface area contributed by atoms with Crippen LogP contribution < -0.4 is 15.4 Å². The molecule has 0 spiro atoms. The summed E-state index contributed by atoms with van der Waals surface area (Å²) in [5.74, 6) is -1.58. The number of ether oxygens (including phenoxy) is 1. The number of imide groups is 1. The number of amides is 3. The molecule has 0 aliphatic rings. The molecule has 0 aliphatic carbocycles. The Labute approximate surface area is 162 Å². The van der Waals surface area contributed by atoms with Crippen molar-refractivity contribution >= 4 is 39.5 Å². The summed E-state index contributed by atoms with van der Waals surface area (Å²) in [6.07, 6.45) is -1.49. The van der Waals surface area contributed by atoms with Gasteiger partial charge < -0.3 is 10.1 Å². The van der Waals surface area contributed by atoms with Crippen molar-refractivity contribution in [3.05, 3.63) is 29.3 Å². The minimum atomic E-state index is -3.79. The molecule has 9 nitrogen and oxygen atoms in total. The van der Waals surface area contributed by atoms with Gasteiger partial charge in [0.15, 0.2) is 6.10 Å². The molecule has 1 atom stereocenters. The highest BCUT2D eigenvalue weighted by Crippen LogP contribution is 2.13. The first kappa shape index (κ1) is 22.9. The van der Waals surface area contributed by atoms with Gasteiger partial charge in [0.2, 0.25) is 10.0 Å². The Morgan fingerprint density at radius 2 is 1.70 bits per heavy atom. The van der Waals surface area contributed by atoms with Gasteiger partial charge in [-0.05, 0) is 45.0 Å². The lowest BCUT2D eigenvalue weighted by Crippen LogP contribution is -2.46. The van der Waals surface area contributed by atoms with Crippen molar-refractivity contribution in [2.45, 2.75) is 44.2 Å². The number of carbonyl (C=O) groups is 3. The molecule has 0 saturated heterocycles. The van der Waals surface area contributed by atoms with Gasteiger partial charge >= 0.3 is 12.0 Å². The summed E-state index contributed by atoms with van der Waals surface area (Å²) in [5.41, 5.74) is 0. The number of nitrogens with one attached hydrogen (secondary N) is 3. The number of esters is 1. The topological polar surface area (TPSA) is 131 Å². The third-order valence-electron chi connectivity index (χ3n) is 3.08. The van der Waals surface area contributed by atoms with Crippen molar-refractivity contribution in [2.75, 3.05) is 6.54 Å². The molecule has 0 unspecified atom stereocenters. The fourth-order valence-corrected chi connectivity index (χ4v) is 2.96. The Morgan fingerprint density at radius 1 is 1.11 bits per heavy atom. The highest BCUT2D eigenvalue weighted by atomic mass is 35.5. The van der Waals surface area contributed by atoms with Gasteiger partial charge in [-0.1, -0.05) is 11.6 Å². The van der Waals surface area contributed by atoms with E-state index >= 15 is 0 Å². The Morgan fingerprint density at radius 3 is 2.26 bits per heavy atom. The van der Waals surface area contributed by atoms with Crippen LogP contribution in [0, 0.1) is 0 Å². The molecule has 0 fully saturated rings. The van der Waals surface area contributed by atoms with Crippen LogP contribution in [0.25, 0.3) is 0 Å². The largest absolute Gasteiger partial charge is 0.452 e. The van der Waals surface area contributed by atoms with Gasteiger partial charge in [-0.3, -0.25) is 14.9 Å². The van der Waals surface area contributed by atoms with E-state index in [1.165, 1.54) is 31.2 Å². The zero-order chi connectivity index (χ0) is 20.6.